The number of fused-ring (bicyclic) bond motifs is 1. The van der Waals surface area contributed by atoms with Crippen molar-refractivity contribution in [3.63, 3.8) is 0 Å². The first-order valence-corrected chi connectivity index (χ1v) is 8.37. The zero-order valence-electron chi connectivity index (χ0n) is 11.8. The maximum Gasteiger partial charge on any atom is 0.150 e. The Morgan fingerprint density at radius 1 is 1.33 bits per heavy atom. The summed E-state index contributed by atoms with van der Waals surface area (Å²) in [6.45, 7) is 0.736. The van der Waals surface area contributed by atoms with Crippen molar-refractivity contribution in [1.29, 1.82) is 0 Å². The van der Waals surface area contributed by atoms with Crippen LogP contribution in [0.1, 0.15) is 55.6 Å². The number of halogens is 1. The van der Waals surface area contributed by atoms with Crippen LogP contribution in [-0.2, 0) is 11.3 Å². The quantitative estimate of drug-likeness (QED) is 0.921. The van der Waals surface area contributed by atoms with Gasteiger partial charge in [0.05, 0.1) is 34.2 Å². The van der Waals surface area contributed by atoms with E-state index in [9.17, 15) is 5.11 Å². The number of ether oxygens (including phenoxy) is 1. The monoisotopic (exact) mass is 351 g/mol. The van der Waals surface area contributed by atoms with Crippen molar-refractivity contribution in [3.8, 4) is 0 Å². The second-order valence-electron chi connectivity index (χ2n) is 5.86. The zero-order chi connectivity index (χ0) is 14.4. The molecule has 1 atom stereocenters. The van der Waals surface area contributed by atoms with Crippen LogP contribution in [0.3, 0.4) is 0 Å². The molecule has 0 bridgehead atoms. The summed E-state index contributed by atoms with van der Waals surface area (Å²) in [7, 11) is 0. The molecule has 1 saturated carbocycles. The number of nitrogens with zero attached hydrogens (tertiary/aromatic N) is 3. The Bertz CT molecular complexity index is 675. The molecule has 1 aliphatic heterocycles. The van der Waals surface area contributed by atoms with Crippen molar-refractivity contribution in [2.24, 2.45) is 0 Å². The Kier molecular flexibility index (Phi) is 3.47. The maximum atomic E-state index is 9.43. The van der Waals surface area contributed by atoms with Gasteiger partial charge in [0.15, 0.2) is 6.23 Å². The van der Waals surface area contributed by atoms with E-state index in [2.05, 4.69) is 20.9 Å². The van der Waals surface area contributed by atoms with E-state index in [-0.39, 0.29) is 12.8 Å². The average Bonchev–Trinajstić information content (AvgIpc) is 3.29. The maximum absolute atomic E-state index is 9.43. The number of hydrogen-bond donors (Lipinski definition) is 1. The van der Waals surface area contributed by atoms with Gasteiger partial charge in [-0.25, -0.2) is 4.68 Å². The fourth-order valence-corrected chi connectivity index (χ4v) is 3.68. The van der Waals surface area contributed by atoms with E-state index in [1.54, 1.807) is 0 Å². The number of aromatic nitrogens is 3. The molecule has 2 fully saturated rings. The normalized spacial score (nSPS) is 22.9. The Labute approximate surface area is 131 Å². The largest absolute Gasteiger partial charge is 0.390 e. The van der Waals surface area contributed by atoms with Crippen molar-refractivity contribution in [2.45, 2.75) is 50.9 Å². The third-order valence-electron chi connectivity index (χ3n) is 4.33. The number of hydrogen-bond acceptors (Lipinski definition) is 4. The van der Waals surface area contributed by atoms with E-state index in [1.807, 2.05) is 10.9 Å². The zero-order valence-corrected chi connectivity index (χ0v) is 13.3. The van der Waals surface area contributed by atoms with Crippen LogP contribution in [0.2, 0.25) is 0 Å². The van der Waals surface area contributed by atoms with Gasteiger partial charge < -0.3 is 9.84 Å². The standard InChI is InChI=1S/C15H18BrN3O2/c16-14-10(8-20)17-7-11-13(14)15(9-4-5-9)18-19(11)12-3-1-2-6-21-12/h7,9,12,20H,1-6,8H2. The van der Waals surface area contributed by atoms with E-state index >= 15 is 0 Å². The topological polar surface area (TPSA) is 60.2 Å². The van der Waals surface area contributed by atoms with Crippen molar-refractivity contribution in [1.82, 2.24) is 14.8 Å². The second-order valence-corrected chi connectivity index (χ2v) is 6.66. The molecule has 4 rings (SSSR count). The average molecular weight is 352 g/mol. The van der Waals surface area contributed by atoms with Gasteiger partial charge in [-0.3, -0.25) is 4.98 Å². The van der Waals surface area contributed by atoms with Gasteiger partial charge in [0.1, 0.15) is 0 Å². The van der Waals surface area contributed by atoms with Crippen LogP contribution in [-0.4, -0.2) is 26.5 Å². The highest BCUT2D eigenvalue weighted by Crippen LogP contribution is 2.45. The molecule has 0 aromatic carbocycles. The van der Waals surface area contributed by atoms with Gasteiger partial charge in [0, 0.05) is 17.9 Å². The lowest BCUT2D eigenvalue weighted by atomic mass is 10.1. The van der Waals surface area contributed by atoms with Gasteiger partial charge in [0.25, 0.3) is 0 Å². The van der Waals surface area contributed by atoms with E-state index in [4.69, 9.17) is 9.84 Å². The molecule has 1 unspecified atom stereocenters. The van der Waals surface area contributed by atoms with Crippen LogP contribution in [0.4, 0.5) is 0 Å². The number of aliphatic hydroxyl groups excluding tert-OH is 1. The van der Waals surface area contributed by atoms with Crippen molar-refractivity contribution in [2.75, 3.05) is 6.61 Å². The second kappa shape index (κ2) is 5.34. The first kappa shape index (κ1) is 13.7. The molecule has 2 aliphatic rings. The molecule has 21 heavy (non-hydrogen) atoms. The van der Waals surface area contributed by atoms with E-state index in [0.717, 1.165) is 40.5 Å². The molecule has 3 heterocycles. The molecular formula is C15H18BrN3O2. The summed E-state index contributed by atoms with van der Waals surface area (Å²) < 4.78 is 8.77. The summed E-state index contributed by atoms with van der Waals surface area (Å²) in [5.41, 5.74) is 2.81. The minimum absolute atomic E-state index is 0.0161. The van der Waals surface area contributed by atoms with Crippen LogP contribution in [0.5, 0.6) is 0 Å². The SMILES string of the molecule is OCc1ncc2c(c(C3CC3)nn2C2CCCCO2)c1Br. The number of pyridine rings is 1. The Morgan fingerprint density at radius 3 is 2.86 bits per heavy atom. The third-order valence-corrected chi connectivity index (χ3v) is 5.19. The smallest absolute Gasteiger partial charge is 0.150 e. The molecule has 2 aromatic heterocycles. The van der Waals surface area contributed by atoms with Crippen LogP contribution >= 0.6 is 15.9 Å². The Hall–Kier alpha value is -0.980. The highest BCUT2D eigenvalue weighted by atomic mass is 79.9. The van der Waals surface area contributed by atoms with Gasteiger partial charge in [-0.1, -0.05) is 0 Å². The van der Waals surface area contributed by atoms with Crippen LogP contribution in [0, 0.1) is 0 Å². The summed E-state index contributed by atoms with van der Waals surface area (Å²) in [4.78, 5) is 4.36. The highest BCUT2D eigenvalue weighted by Gasteiger charge is 2.32. The third kappa shape index (κ3) is 2.29. The highest BCUT2D eigenvalue weighted by molar-refractivity contribution is 9.10. The number of aliphatic hydroxyl groups is 1. The summed E-state index contributed by atoms with van der Waals surface area (Å²) >= 11 is 3.61. The van der Waals surface area contributed by atoms with E-state index in [1.165, 1.54) is 19.3 Å². The lowest BCUT2D eigenvalue weighted by Gasteiger charge is -2.23. The fraction of sp³-hybridized carbons (Fsp3) is 0.600. The minimum Gasteiger partial charge on any atom is -0.390 e. The molecule has 1 aliphatic carbocycles. The summed E-state index contributed by atoms with van der Waals surface area (Å²) in [6, 6.07) is 0. The molecular weight excluding hydrogens is 334 g/mol. The molecule has 1 saturated heterocycles. The molecule has 1 N–H and O–H groups in total. The molecule has 0 amide bonds. The first-order valence-electron chi connectivity index (χ1n) is 7.57. The molecule has 2 aromatic rings. The van der Waals surface area contributed by atoms with E-state index < -0.39 is 0 Å². The van der Waals surface area contributed by atoms with Gasteiger partial charge >= 0.3 is 0 Å². The minimum atomic E-state index is -0.0638. The molecule has 0 spiro atoms. The van der Waals surface area contributed by atoms with E-state index in [0.29, 0.717) is 11.6 Å². The summed E-state index contributed by atoms with van der Waals surface area (Å²) in [5, 5.41) is 15.4. The van der Waals surface area contributed by atoms with Crippen molar-refractivity contribution in [3.05, 3.63) is 22.1 Å². The van der Waals surface area contributed by atoms with Crippen molar-refractivity contribution >= 4 is 26.8 Å². The predicted octanol–water partition coefficient (Wildman–Crippen LogP) is 3.26. The molecule has 112 valence electrons. The van der Waals surface area contributed by atoms with Crippen LogP contribution < -0.4 is 0 Å². The lowest BCUT2D eigenvalue weighted by Crippen LogP contribution is -2.19. The van der Waals surface area contributed by atoms with Gasteiger partial charge in [-0.2, -0.15) is 5.10 Å². The Balaban J connectivity index is 1.89. The predicted molar refractivity (Wildman–Crippen MR) is 82.0 cm³/mol. The molecule has 5 nitrogen and oxygen atoms in total. The summed E-state index contributed by atoms with van der Waals surface area (Å²) in [5.74, 6) is 0.544. The number of rotatable bonds is 3. The Morgan fingerprint density at radius 2 is 2.19 bits per heavy atom. The van der Waals surface area contributed by atoms with Crippen molar-refractivity contribution < 1.29 is 9.84 Å². The van der Waals surface area contributed by atoms with Gasteiger partial charge in [-0.05, 0) is 48.0 Å². The fourth-order valence-electron chi connectivity index (χ4n) is 3.04. The first-order chi connectivity index (χ1) is 10.3. The molecule has 0 radical (unpaired) electrons. The molecule has 6 heteroatoms. The van der Waals surface area contributed by atoms with Gasteiger partial charge in [0.2, 0.25) is 0 Å². The van der Waals surface area contributed by atoms with Crippen LogP contribution in [0.25, 0.3) is 10.9 Å². The van der Waals surface area contributed by atoms with Crippen LogP contribution in [0.15, 0.2) is 10.7 Å². The van der Waals surface area contributed by atoms with Gasteiger partial charge in [-0.15, -0.1) is 0 Å². The summed E-state index contributed by atoms with van der Waals surface area (Å²) in [6.07, 6.45) is 7.53. The lowest BCUT2D eigenvalue weighted by molar-refractivity contribution is -0.0369.